The number of rotatable bonds is 8. The van der Waals surface area contributed by atoms with E-state index in [0.29, 0.717) is 11.3 Å². The standard InChI is InChI=1S/C25H28N2O4S/c1-5-24(19-10-14-22(31-4)15-11-19)26-25(28)20-8-12-21(13-9-20)27(3)32(29,30)23-16-6-18(2)7-17-23/h6-17,24H,5H2,1-4H3,(H,26,28). The smallest absolute Gasteiger partial charge is 0.264 e. The third kappa shape index (κ3) is 5.11. The Morgan fingerprint density at radius 2 is 1.56 bits per heavy atom. The lowest BCUT2D eigenvalue weighted by molar-refractivity contribution is 0.0935. The highest BCUT2D eigenvalue weighted by atomic mass is 32.2. The Morgan fingerprint density at radius 3 is 2.09 bits per heavy atom. The highest BCUT2D eigenvalue weighted by molar-refractivity contribution is 7.92. The molecule has 0 heterocycles. The maximum atomic E-state index is 12.9. The SMILES string of the molecule is CCC(NC(=O)c1ccc(N(C)S(=O)(=O)c2ccc(C)cc2)cc1)c1ccc(OC)cc1. The molecule has 0 spiro atoms. The third-order valence-electron chi connectivity index (χ3n) is 5.40. The van der Waals surface area contributed by atoms with Crippen molar-refractivity contribution in [3.63, 3.8) is 0 Å². The van der Waals surface area contributed by atoms with Gasteiger partial charge in [0.1, 0.15) is 5.75 Å². The lowest BCUT2D eigenvalue weighted by Gasteiger charge is -2.20. The summed E-state index contributed by atoms with van der Waals surface area (Å²) in [6.07, 6.45) is 0.730. The molecule has 0 aliphatic heterocycles. The van der Waals surface area contributed by atoms with Gasteiger partial charge >= 0.3 is 0 Å². The lowest BCUT2D eigenvalue weighted by atomic mass is 10.0. The molecule has 0 fully saturated rings. The van der Waals surface area contributed by atoms with Crippen LogP contribution in [0.15, 0.2) is 77.7 Å². The van der Waals surface area contributed by atoms with Crippen molar-refractivity contribution in [3.05, 3.63) is 89.5 Å². The van der Waals surface area contributed by atoms with Crippen LogP contribution in [0, 0.1) is 6.92 Å². The predicted octanol–water partition coefficient (Wildman–Crippen LogP) is 4.71. The summed E-state index contributed by atoms with van der Waals surface area (Å²) in [6.45, 7) is 3.91. The normalized spacial score (nSPS) is 12.1. The number of sulfonamides is 1. The lowest BCUT2D eigenvalue weighted by Crippen LogP contribution is -2.28. The van der Waals surface area contributed by atoms with E-state index < -0.39 is 10.0 Å². The van der Waals surface area contributed by atoms with Crippen molar-refractivity contribution in [3.8, 4) is 5.75 Å². The van der Waals surface area contributed by atoms with E-state index in [9.17, 15) is 13.2 Å². The molecular formula is C25H28N2O4S. The molecule has 3 aromatic carbocycles. The van der Waals surface area contributed by atoms with Gasteiger partial charge in [-0.25, -0.2) is 8.42 Å². The summed E-state index contributed by atoms with van der Waals surface area (Å²) in [7, 11) is -0.571. The molecule has 0 saturated heterocycles. The van der Waals surface area contributed by atoms with E-state index >= 15 is 0 Å². The zero-order chi connectivity index (χ0) is 23.3. The highest BCUT2D eigenvalue weighted by Crippen LogP contribution is 2.24. The van der Waals surface area contributed by atoms with Gasteiger partial charge < -0.3 is 10.1 Å². The molecule has 6 nitrogen and oxygen atoms in total. The summed E-state index contributed by atoms with van der Waals surface area (Å²) in [4.78, 5) is 13.0. The van der Waals surface area contributed by atoms with Crippen LogP contribution in [0.3, 0.4) is 0 Å². The summed E-state index contributed by atoms with van der Waals surface area (Å²) >= 11 is 0. The van der Waals surface area contributed by atoms with Gasteiger partial charge in [-0.2, -0.15) is 0 Å². The Morgan fingerprint density at radius 1 is 0.969 bits per heavy atom. The Bertz CT molecular complexity index is 1160. The van der Waals surface area contributed by atoms with Crippen LogP contribution in [0.25, 0.3) is 0 Å². The maximum absolute atomic E-state index is 12.9. The number of benzene rings is 3. The van der Waals surface area contributed by atoms with Crippen molar-refractivity contribution in [2.75, 3.05) is 18.5 Å². The second-order valence-corrected chi connectivity index (χ2v) is 9.51. The summed E-state index contributed by atoms with van der Waals surface area (Å²) in [5.74, 6) is 0.540. The average Bonchev–Trinajstić information content (AvgIpc) is 2.82. The van der Waals surface area contributed by atoms with Gasteiger partial charge in [0.15, 0.2) is 0 Å². The van der Waals surface area contributed by atoms with Crippen LogP contribution in [-0.4, -0.2) is 28.5 Å². The minimum atomic E-state index is -3.68. The molecule has 1 N–H and O–H groups in total. The molecule has 3 aromatic rings. The van der Waals surface area contributed by atoms with E-state index in [4.69, 9.17) is 4.74 Å². The van der Waals surface area contributed by atoms with Gasteiger partial charge in [-0.1, -0.05) is 36.8 Å². The minimum Gasteiger partial charge on any atom is -0.497 e. The number of methoxy groups -OCH3 is 1. The molecule has 1 atom stereocenters. The van der Waals surface area contributed by atoms with E-state index in [1.54, 1.807) is 55.6 Å². The van der Waals surface area contributed by atoms with E-state index in [0.717, 1.165) is 23.3 Å². The molecule has 0 bridgehead atoms. The monoisotopic (exact) mass is 452 g/mol. The molecule has 0 aromatic heterocycles. The van der Waals surface area contributed by atoms with Crippen LogP contribution in [-0.2, 0) is 10.0 Å². The summed E-state index contributed by atoms with van der Waals surface area (Å²) in [5, 5.41) is 3.04. The molecule has 0 aliphatic carbocycles. The van der Waals surface area contributed by atoms with Gasteiger partial charge in [-0.3, -0.25) is 9.10 Å². The van der Waals surface area contributed by atoms with Gasteiger partial charge in [-0.05, 0) is 67.4 Å². The fourth-order valence-electron chi connectivity index (χ4n) is 3.33. The maximum Gasteiger partial charge on any atom is 0.264 e. The molecule has 1 unspecified atom stereocenters. The van der Waals surface area contributed by atoms with E-state index in [1.807, 2.05) is 38.1 Å². The number of aryl methyl sites for hydroxylation is 1. The first-order valence-electron chi connectivity index (χ1n) is 10.4. The van der Waals surface area contributed by atoms with Gasteiger partial charge in [0.05, 0.1) is 23.7 Å². The largest absolute Gasteiger partial charge is 0.497 e. The van der Waals surface area contributed by atoms with Crippen molar-refractivity contribution in [1.29, 1.82) is 0 Å². The number of ether oxygens (including phenoxy) is 1. The van der Waals surface area contributed by atoms with Gasteiger partial charge in [0.25, 0.3) is 15.9 Å². The number of carbonyl (C=O) groups excluding carboxylic acids is 1. The number of hydrogen-bond acceptors (Lipinski definition) is 4. The Hall–Kier alpha value is -3.32. The Balaban J connectivity index is 1.73. The number of carbonyl (C=O) groups is 1. The first kappa shape index (κ1) is 23.3. The number of amides is 1. The number of anilines is 1. The third-order valence-corrected chi connectivity index (χ3v) is 7.20. The first-order valence-corrected chi connectivity index (χ1v) is 11.8. The van der Waals surface area contributed by atoms with E-state index in [-0.39, 0.29) is 16.8 Å². The van der Waals surface area contributed by atoms with Crippen LogP contribution in [0.4, 0.5) is 5.69 Å². The highest BCUT2D eigenvalue weighted by Gasteiger charge is 2.21. The molecule has 0 aliphatic rings. The Labute approximate surface area is 189 Å². The topological polar surface area (TPSA) is 75.7 Å². The van der Waals surface area contributed by atoms with E-state index in [2.05, 4.69) is 5.32 Å². The van der Waals surface area contributed by atoms with Crippen molar-refractivity contribution >= 4 is 21.6 Å². The van der Waals surface area contributed by atoms with Crippen LogP contribution < -0.4 is 14.4 Å². The van der Waals surface area contributed by atoms with Crippen LogP contribution in [0.1, 0.15) is 40.9 Å². The second kappa shape index (κ2) is 9.87. The molecule has 32 heavy (non-hydrogen) atoms. The second-order valence-electron chi connectivity index (χ2n) is 7.54. The van der Waals surface area contributed by atoms with E-state index in [1.165, 1.54) is 11.4 Å². The van der Waals surface area contributed by atoms with Crippen molar-refractivity contribution in [2.45, 2.75) is 31.2 Å². The average molecular weight is 453 g/mol. The molecule has 0 saturated carbocycles. The molecule has 3 rings (SSSR count). The van der Waals surface area contributed by atoms with Crippen molar-refractivity contribution in [1.82, 2.24) is 5.32 Å². The van der Waals surface area contributed by atoms with Crippen molar-refractivity contribution in [2.24, 2.45) is 0 Å². The first-order chi connectivity index (χ1) is 15.3. The van der Waals surface area contributed by atoms with Gasteiger partial charge in [0, 0.05) is 12.6 Å². The quantitative estimate of drug-likeness (QED) is 0.537. The van der Waals surface area contributed by atoms with Gasteiger partial charge in [0.2, 0.25) is 0 Å². The fraction of sp³-hybridized carbons (Fsp3) is 0.240. The molecule has 1 amide bonds. The Kier molecular flexibility index (Phi) is 7.20. The summed E-state index contributed by atoms with van der Waals surface area (Å²) in [5.41, 5.74) is 2.91. The fourth-order valence-corrected chi connectivity index (χ4v) is 4.52. The summed E-state index contributed by atoms with van der Waals surface area (Å²) < 4.78 is 32.2. The van der Waals surface area contributed by atoms with Crippen molar-refractivity contribution < 1.29 is 17.9 Å². The molecule has 0 radical (unpaired) electrons. The van der Waals surface area contributed by atoms with Gasteiger partial charge in [-0.15, -0.1) is 0 Å². The molecule has 7 heteroatoms. The zero-order valence-corrected chi connectivity index (χ0v) is 19.5. The van der Waals surface area contributed by atoms with Crippen LogP contribution in [0.5, 0.6) is 5.75 Å². The number of hydrogen-bond donors (Lipinski definition) is 1. The molecular weight excluding hydrogens is 424 g/mol. The molecule has 168 valence electrons. The number of nitrogens with one attached hydrogen (secondary N) is 1. The summed E-state index contributed by atoms with van der Waals surface area (Å²) in [6, 6.07) is 20.7. The minimum absolute atomic E-state index is 0.141. The van der Waals surface area contributed by atoms with Crippen LogP contribution >= 0.6 is 0 Å². The van der Waals surface area contributed by atoms with Crippen LogP contribution in [0.2, 0.25) is 0 Å². The zero-order valence-electron chi connectivity index (χ0n) is 18.7. The predicted molar refractivity (Wildman–Crippen MR) is 127 cm³/mol. The number of nitrogens with zero attached hydrogens (tertiary/aromatic N) is 1.